The predicted octanol–water partition coefficient (Wildman–Crippen LogP) is 5.00. The maximum atomic E-state index is 13.5. The van der Waals surface area contributed by atoms with Gasteiger partial charge in [-0.2, -0.15) is 0 Å². The minimum atomic E-state index is -0.441. The number of benzene rings is 2. The summed E-state index contributed by atoms with van der Waals surface area (Å²) in [6.07, 6.45) is 2.27. The van der Waals surface area contributed by atoms with Crippen LogP contribution in [0.1, 0.15) is 48.9 Å². The van der Waals surface area contributed by atoms with Crippen molar-refractivity contribution in [3.63, 3.8) is 0 Å². The van der Waals surface area contributed by atoms with Gasteiger partial charge in [-0.05, 0) is 48.8 Å². The summed E-state index contributed by atoms with van der Waals surface area (Å²) in [5.74, 6) is -0.483. The Hall–Kier alpha value is -3.36. The van der Waals surface area contributed by atoms with Crippen LogP contribution in [-0.4, -0.2) is 41.2 Å². The second kappa shape index (κ2) is 11.4. The van der Waals surface area contributed by atoms with Gasteiger partial charge < -0.3 is 19.7 Å². The third-order valence-electron chi connectivity index (χ3n) is 6.81. The molecule has 8 heteroatoms. The second-order valence-corrected chi connectivity index (χ2v) is 10.3. The van der Waals surface area contributed by atoms with Gasteiger partial charge in [0.05, 0.1) is 29.8 Å². The fraction of sp³-hybridized carbons (Fsp3) is 0.345. The van der Waals surface area contributed by atoms with Crippen LogP contribution in [0.3, 0.4) is 0 Å². The predicted molar refractivity (Wildman–Crippen MR) is 144 cm³/mol. The number of aryl methyl sites for hydroxylation is 1. The fourth-order valence-electron chi connectivity index (χ4n) is 4.88. The fourth-order valence-corrected chi connectivity index (χ4v) is 5.84. The lowest BCUT2D eigenvalue weighted by Crippen LogP contribution is -2.39. The first-order chi connectivity index (χ1) is 18.0. The normalized spacial score (nSPS) is 20.9. The minimum absolute atomic E-state index is 0.0772. The van der Waals surface area contributed by atoms with E-state index in [-0.39, 0.29) is 25.0 Å². The monoisotopic (exact) mass is 517 g/mol. The molecule has 0 saturated carbocycles. The van der Waals surface area contributed by atoms with Gasteiger partial charge in [0.15, 0.2) is 5.17 Å². The van der Waals surface area contributed by atoms with Crippen LogP contribution in [0.2, 0.25) is 0 Å². The van der Waals surface area contributed by atoms with Gasteiger partial charge in [0.1, 0.15) is 6.61 Å². The number of amides is 1. The van der Waals surface area contributed by atoms with Crippen molar-refractivity contribution in [1.29, 1.82) is 0 Å². The highest BCUT2D eigenvalue weighted by molar-refractivity contribution is 8.16. The van der Waals surface area contributed by atoms with Gasteiger partial charge in [-0.3, -0.25) is 4.79 Å². The lowest BCUT2D eigenvalue weighted by atomic mass is 9.91. The van der Waals surface area contributed by atoms with E-state index in [2.05, 4.69) is 5.32 Å². The van der Waals surface area contributed by atoms with Crippen LogP contribution in [0, 0.1) is 6.92 Å². The number of carbonyl (C=O) groups is 2. The quantitative estimate of drug-likeness (QED) is 0.497. The first-order valence-corrected chi connectivity index (χ1v) is 13.5. The van der Waals surface area contributed by atoms with Crippen molar-refractivity contribution in [2.75, 3.05) is 13.2 Å². The van der Waals surface area contributed by atoms with E-state index in [0.29, 0.717) is 17.8 Å². The molecule has 0 radical (unpaired) electrons. The summed E-state index contributed by atoms with van der Waals surface area (Å²) in [5, 5.41) is 5.73. The molecule has 2 atom stereocenters. The molecule has 1 amide bonds. The number of thioether (sulfide) groups is 1. The van der Waals surface area contributed by atoms with E-state index in [4.69, 9.17) is 14.5 Å². The summed E-state index contributed by atoms with van der Waals surface area (Å²) in [7, 11) is 0. The molecule has 2 aromatic rings. The van der Waals surface area contributed by atoms with Crippen molar-refractivity contribution < 1.29 is 19.1 Å². The molecule has 37 heavy (non-hydrogen) atoms. The Balaban J connectivity index is 1.40. The molecule has 3 heterocycles. The third kappa shape index (κ3) is 5.65. The molecule has 3 aliphatic rings. The van der Waals surface area contributed by atoms with Gasteiger partial charge >= 0.3 is 5.97 Å². The third-order valence-corrected chi connectivity index (χ3v) is 7.70. The highest BCUT2D eigenvalue weighted by Gasteiger charge is 2.41. The number of fused-ring (bicyclic) bond motifs is 1. The van der Waals surface area contributed by atoms with Crippen LogP contribution in [0.25, 0.3) is 0 Å². The van der Waals surface area contributed by atoms with Crippen LogP contribution in [-0.2, 0) is 25.7 Å². The molecule has 0 aromatic heterocycles. The summed E-state index contributed by atoms with van der Waals surface area (Å²) in [4.78, 5) is 33.2. The van der Waals surface area contributed by atoms with E-state index in [0.717, 1.165) is 47.0 Å². The Morgan fingerprint density at radius 3 is 2.68 bits per heavy atom. The van der Waals surface area contributed by atoms with Gasteiger partial charge in [0.2, 0.25) is 5.91 Å². The lowest BCUT2D eigenvalue weighted by molar-refractivity contribution is -0.141. The number of aliphatic imine (C=N–C) groups is 1. The average Bonchev–Trinajstić information content (AvgIpc) is 3.56. The molecule has 7 nitrogen and oxygen atoms in total. The standard InChI is InChI=1S/C29H31N3O4S/c1-19-9-6-7-13-24(19)27-26(28(34)36-17-21-10-4-3-5-11-21)20(2)31-29-32(27)22(18-37-29)15-25(33)30-16-23-12-8-14-35-23/h3-7,9-11,13,18,23,27H,8,12,14-17H2,1-2H3,(H,30,33)/t23-,27-/m0/s1. The molecule has 3 aliphatic heterocycles. The second-order valence-electron chi connectivity index (χ2n) is 9.43. The van der Waals surface area contributed by atoms with Crippen molar-refractivity contribution in [2.45, 2.75) is 51.9 Å². The van der Waals surface area contributed by atoms with Crippen molar-refractivity contribution in [3.8, 4) is 0 Å². The highest BCUT2D eigenvalue weighted by Crippen LogP contribution is 2.45. The number of esters is 1. The van der Waals surface area contributed by atoms with E-state index >= 15 is 0 Å². The van der Waals surface area contributed by atoms with Gasteiger partial charge in [0, 0.05) is 18.8 Å². The molecule has 0 aliphatic carbocycles. The molecular formula is C29H31N3O4S. The zero-order chi connectivity index (χ0) is 25.8. The van der Waals surface area contributed by atoms with Crippen LogP contribution in [0.5, 0.6) is 0 Å². The zero-order valence-corrected chi connectivity index (χ0v) is 21.9. The number of carbonyl (C=O) groups excluding carboxylic acids is 2. The smallest absolute Gasteiger partial charge is 0.338 e. The van der Waals surface area contributed by atoms with Gasteiger partial charge in [0.25, 0.3) is 0 Å². The molecule has 5 rings (SSSR count). The van der Waals surface area contributed by atoms with Crippen LogP contribution >= 0.6 is 11.8 Å². The maximum Gasteiger partial charge on any atom is 0.338 e. The Bertz CT molecular complexity index is 1260. The van der Waals surface area contributed by atoms with Crippen LogP contribution < -0.4 is 5.32 Å². The molecule has 1 N–H and O–H groups in total. The lowest BCUT2D eigenvalue weighted by Gasteiger charge is -2.37. The van der Waals surface area contributed by atoms with Crippen molar-refractivity contribution >= 4 is 28.8 Å². The Kier molecular flexibility index (Phi) is 7.76. The number of hydrogen-bond donors (Lipinski definition) is 1. The summed E-state index contributed by atoms with van der Waals surface area (Å²) in [6.45, 7) is 5.32. The van der Waals surface area contributed by atoms with Crippen LogP contribution in [0.15, 0.2) is 82.0 Å². The Labute approximate surface area is 221 Å². The zero-order valence-electron chi connectivity index (χ0n) is 21.1. The summed E-state index contributed by atoms with van der Waals surface area (Å²) in [5.41, 5.74) is 4.87. The van der Waals surface area contributed by atoms with E-state index in [1.165, 1.54) is 11.8 Å². The number of amidine groups is 1. The Morgan fingerprint density at radius 2 is 1.92 bits per heavy atom. The minimum Gasteiger partial charge on any atom is -0.457 e. The topological polar surface area (TPSA) is 80.2 Å². The molecular weight excluding hydrogens is 486 g/mol. The first-order valence-electron chi connectivity index (χ1n) is 12.6. The number of nitrogens with zero attached hydrogens (tertiary/aromatic N) is 2. The molecule has 1 fully saturated rings. The summed E-state index contributed by atoms with van der Waals surface area (Å²) in [6, 6.07) is 17.2. The molecule has 0 bridgehead atoms. The van der Waals surface area contributed by atoms with Gasteiger partial charge in [-0.15, -0.1) is 0 Å². The molecule has 2 aromatic carbocycles. The molecule has 0 unspecified atom stereocenters. The molecule has 0 spiro atoms. The molecule has 192 valence electrons. The molecule has 1 saturated heterocycles. The summed E-state index contributed by atoms with van der Waals surface area (Å²) < 4.78 is 11.4. The van der Waals surface area contributed by atoms with Gasteiger partial charge in [-0.1, -0.05) is 66.4 Å². The number of hydrogen-bond acceptors (Lipinski definition) is 7. The van der Waals surface area contributed by atoms with Crippen LogP contribution in [0.4, 0.5) is 0 Å². The van der Waals surface area contributed by atoms with Crippen molar-refractivity contribution in [3.05, 3.63) is 93.7 Å². The first kappa shape index (κ1) is 25.3. The van der Waals surface area contributed by atoms with E-state index < -0.39 is 12.0 Å². The SMILES string of the molecule is CC1=C(C(=O)OCc2ccccc2)[C@H](c2ccccc2C)N2C(CC(=O)NC[C@@H]3CCCO3)=CSC2=N1. The Morgan fingerprint density at radius 1 is 1.14 bits per heavy atom. The van der Waals surface area contributed by atoms with Crippen molar-refractivity contribution in [2.24, 2.45) is 4.99 Å². The van der Waals surface area contributed by atoms with Crippen molar-refractivity contribution in [1.82, 2.24) is 10.2 Å². The van der Waals surface area contributed by atoms with E-state index in [1.54, 1.807) is 0 Å². The van der Waals surface area contributed by atoms with E-state index in [1.807, 2.05) is 78.8 Å². The van der Waals surface area contributed by atoms with Gasteiger partial charge in [-0.25, -0.2) is 9.79 Å². The average molecular weight is 518 g/mol. The summed E-state index contributed by atoms with van der Waals surface area (Å²) >= 11 is 1.47. The highest BCUT2D eigenvalue weighted by atomic mass is 32.2. The number of nitrogens with one attached hydrogen (secondary N) is 1. The maximum absolute atomic E-state index is 13.5. The largest absolute Gasteiger partial charge is 0.457 e. The van der Waals surface area contributed by atoms with E-state index in [9.17, 15) is 9.59 Å². The number of ether oxygens (including phenoxy) is 2. The number of allylic oxidation sites excluding steroid dienone is 1. The number of rotatable bonds is 8.